The zero-order valence-electron chi connectivity index (χ0n) is 16.2. The van der Waals surface area contributed by atoms with E-state index in [-0.39, 0.29) is 26.1 Å². The van der Waals surface area contributed by atoms with Gasteiger partial charge in [0.2, 0.25) is 0 Å². The molecule has 1 aliphatic rings. The van der Waals surface area contributed by atoms with E-state index >= 15 is 0 Å². The van der Waals surface area contributed by atoms with Crippen molar-refractivity contribution in [2.24, 2.45) is 0 Å². The summed E-state index contributed by atoms with van der Waals surface area (Å²) in [6, 6.07) is 0. The second kappa shape index (κ2) is 7.09. The van der Waals surface area contributed by atoms with Crippen LogP contribution in [-0.2, 0) is 14.3 Å². The van der Waals surface area contributed by atoms with E-state index < -0.39 is 34.9 Å². The summed E-state index contributed by atoms with van der Waals surface area (Å²) < 4.78 is 10.7. The van der Waals surface area contributed by atoms with Gasteiger partial charge in [-0.25, -0.2) is 14.4 Å². The molecule has 1 rings (SSSR count). The van der Waals surface area contributed by atoms with Crippen LogP contribution in [0.15, 0.2) is 0 Å². The van der Waals surface area contributed by atoms with Crippen LogP contribution in [0, 0.1) is 0 Å². The molecule has 25 heavy (non-hydrogen) atoms. The van der Waals surface area contributed by atoms with Gasteiger partial charge >= 0.3 is 18.2 Å². The van der Waals surface area contributed by atoms with Gasteiger partial charge in [0.15, 0.2) is 5.54 Å². The highest BCUT2D eigenvalue weighted by Crippen LogP contribution is 2.29. The van der Waals surface area contributed by atoms with Gasteiger partial charge in [-0.15, -0.1) is 0 Å². The number of rotatable bonds is 2. The first-order chi connectivity index (χ1) is 11.2. The maximum absolute atomic E-state index is 12.5. The highest BCUT2D eigenvalue weighted by atomic mass is 16.6. The van der Waals surface area contributed by atoms with E-state index in [2.05, 4.69) is 0 Å². The molecule has 1 heterocycles. The summed E-state index contributed by atoms with van der Waals surface area (Å²) in [5, 5.41) is 9.81. The molecule has 0 saturated carbocycles. The van der Waals surface area contributed by atoms with Crippen molar-refractivity contribution in [3.63, 3.8) is 0 Å². The Hall–Kier alpha value is -1.99. The molecule has 0 aliphatic carbocycles. The normalized spacial score (nSPS) is 21.7. The van der Waals surface area contributed by atoms with E-state index in [0.717, 1.165) is 0 Å². The predicted molar refractivity (Wildman–Crippen MR) is 91.4 cm³/mol. The van der Waals surface area contributed by atoms with Crippen LogP contribution in [0.1, 0.15) is 54.9 Å². The molecule has 144 valence electrons. The molecule has 1 N–H and O–H groups in total. The smallest absolute Gasteiger partial charge is 0.411 e. The van der Waals surface area contributed by atoms with E-state index in [0.29, 0.717) is 0 Å². The number of carbonyl (C=O) groups excluding carboxylic acids is 2. The molecular formula is C17H30N2O6. The number of carboxylic acids is 1. The summed E-state index contributed by atoms with van der Waals surface area (Å²) in [7, 11) is 0. The number of hydrogen-bond donors (Lipinski definition) is 1. The van der Waals surface area contributed by atoms with E-state index in [1.165, 1.54) is 9.80 Å². The maximum atomic E-state index is 12.5. The van der Waals surface area contributed by atoms with Crippen molar-refractivity contribution >= 4 is 18.2 Å². The van der Waals surface area contributed by atoms with E-state index in [4.69, 9.17) is 9.47 Å². The minimum Gasteiger partial charge on any atom is -0.479 e. The van der Waals surface area contributed by atoms with Crippen LogP contribution in [-0.4, -0.2) is 69.4 Å². The molecule has 8 heteroatoms. The number of hydrogen-bond acceptors (Lipinski definition) is 5. The Kier molecular flexibility index (Phi) is 5.97. The summed E-state index contributed by atoms with van der Waals surface area (Å²) in [5.74, 6) is -1.17. The molecule has 1 aliphatic heterocycles. The van der Waals surface area contributed by atoms with Crippen molar-refractivity contribution in [1.82, 2.24) is 9.80 Å². The number of nitrogens with zero attached hydrogens (tertiary/aromatic N) is 2. The quantitative estimate of drug-likeness (QED) is 0.815. The van der Waals surface area contributed by atoms with E-state index in [1.54, 1.807) is 48.5 Å². The fourth-order valence-electron chi connectivity index (χ4n) is 2.62. The fourth-order valence-corrected chi connectivity index (χ4v) is 2.62. The van der Waals surface area contributed by atoms with Crippen molar-refractivity contribution in [2.75, 3.05) is 19.6 Å². The molecule has 1 atom stereocenters. The third-order valence-corrected chi connectivity index (χ3v) is 3.81. The largest absolute Gasteiger partial charge is 0.479 e. The molecule has 1 fully saturated rings. The van der Waals surface area contributed by atoms with E-state index in [1.807, 2.05) is 0 Å². The zero-order valence-corrected chi connectivity index (χ0v) is 16.2. The van der Waals surface area contributed by atoms with Crippen molar-refractivity contribution in [2.45, 2.75) is 71.6 Å². The number of aliphatic carboxylic acids is 1. The SMILES string of the molecule is CCC1(C(=O)O)CN(C(=O)OC(C)(C)C)CCN1C(=O)OC(C)(C)C. The Labute approximate surface area is 149 Å². The minimum absolute atomic E-state index is 0.0638. The minimum atomic E-state index is -1.54. The predicted octanol–water partition coefficient (Wildman–Crippen LogP) is 2.71. The average molecular weight is 358 g/mol. The summed E-state index contributed by atoms with van der Waals surface area (Å²) in [5.41, 5.74) is -2.97. The lowest BCUT2D eigenvalue weighted by atomic mass is 9.91. The summed E-state index contributed by atoms with van der Waals surface area (Å²) in [6.45, 7) is 12.2. The van der Waals surface area contributed by atoms with Crippen molar-refractivity contribution in [1.29, 1.82) is 0 Å². The number of carbonyl (C=O) groups is 3. The third-order valence-electron chi connectivity index (χ3n) is 3.81. The first-order valence-corrected chi connectivity index (χ1v) is 8.44. The van der Waals surface area contributed by atoms with Crippen LogP contribution in [0.5, 0.6) is 0 Å². The number of amides is 2. The Morgan fingerprint density at radius 2 is 1.44 bits per heavy atom. The molecule has 1 saturated heterocycles. The van der Waals surface area contributed by atoms with Gasteiger partial charge < -0.3 is 19.5 Å². The lowest BCUT2D eigenvalue weighted by Crippen LogP contribution is -2.68. The second-order valence-corrected chi connectivity index (χ2v) is 8.22. The topological polar surface area (TPSA) is 96.4 Å². The molecule has 0 spiro atoms. The van der Waals surface area contributed by atoms with Crippen molar-refractivity contribution in [3.8, 4) is 0 Å². The van der Waals surface area contributed by atoms with Crippen LogP contribution in [0.2, 0.25) is 0 Å². The number of piperazine rings is 1. The molecule has 0 aromatic rings. The average Bonchev–Trinajstić information content (AvgIpc) is 2.42. The molecule has 0 bridgehead atoms. The summed E-state index contributed by atoms with van der Waals surface area (Å²) in [4.78, 5) is 39.4. The van der Waals surface area contributed by atoms with Crippen LogP contribution in [0.3, 0.4) is 0 Å². The van der Waals surface area contributed by atoms with Gasteiger partial charge in [-0.2, -0.15) is 0 Å². The van der Waals surface area contributed by atoms with Gasteiger partial charge in [0.1, 0.15) is 11.2 Å². The third kappa shape index (κ3) is 5.24. The van der Waals surface area contributed by atoms with Crippen LogP contribution in [0.4, 0.5) is 9.59 Å². The first kappa shape index (κ1) is 21.1. The summed E-state index contributed by atoms with van der Waals surface area (Å²) >= 11 is 0. The Morgan fingerprint density at radius 1 is 0.960 bits per heavy atom. The van der Waals surface area contributed by atoms with Crippen LogP contribution >= 0.6 is 0 Å². The Bertz CT molecular complexity index is 534. The van der Waals surface area contributed by atoms with Crippen molar-refractivity contribution < 1.29 is 29.0 Å². The first-order valence-electron chi connectivity index (χ1n) is 8.44. The van der Waals surface area contributed by atoms with Gasteiger partial charge in [-0.3, -0.25) is 4.90 Å². The second-order valence-electron chi connectivity index (χ2n) is 8.22. The molecule has 8 nitrogen and oxygen atoms in total. The monoisotopic (exact) mass is 358 g/mol. The van der Waals surface area contributed by atoms with Crippen LogP contribution in [0.25, 0.3) is 0 Å². The van der Waals surface area contributed by atoms with Crippen molar-refractivity contribution in [3.05, 3.63) is 0 Å². The molecule has 0 radical (unpaired) electrons. The van der Waals surface area contributed by atoms with Crippen LogP contribution < -0.4 is 0 Å². The maximum Gasteiger partial charge on any atom is 0.411 e. The van der Waals surface area contributed by atoms with Gasteiger partial charge in [0.25, 0.3) is 0 Å². The molecule has 0 aromatic heterocycles. The van der Waals surface area contributed by atoms with E-state index in [9.17, 15) is 19.5 Å². The number of carboxylic acid groups (broad SMARTS) is 1. The van der Waals surface area contributed by atoms with Gasteiger partial charge in [-0.05, 0) is 48.0 Å². The molecule has 0 aromatic carbocycles. The molecule has 2 amide bonds. The fraction of sp³-hybridized carbons (Fsp3) is 0.824. The standard InChI is InChI=1S/C17H30N2O6/c1-8-17(12(20)21)11-18(13(22)24-15(2,3)4)9-10-19(17)14(23)25-16(5,6)7/h8-11H2,1-7H3,(H,20,21). The molecule has 1 unspecified atom stereocenters. The lowest BCUT2D eigenvalue weighted by Gasteiger charge is -2.47. The highest BCUT2D eigenvalue weighted by molar-refractivity contribution is 5.86. The van der Waals surface area contributed by atoms with Gasteiger partial charge in [-0.1, -0.05) is 6.92 Å². The van der Waals surface area contributed by atoms with Gasteiger partial charge in [0.05, 0.1) is 6.54 Å². The van der Waals surface area contributed by atoms with Gasteiger partial charge in [0, 0.05) is 13.1 Å². The zero-order chi connectivity index (χ0) is 19.6. The number of ether oxygens (including phenoxy) is 2. The Morgan fingerprint density at radius 3 is 1.84 bits per heavy atom. The summed E-state index contributed by atoms with van der Waals surface area (Å²) in [6.07, 6.45) is -1.14. The highest BCUT2D eigenvalue weighted by Gasteiger charge is 2.51. The Balaban J connectivity index is 3.07. The molecular weight excluding hydrogens is 328 g/mol. The lowest BCUT2D eigenvalue weighted by molar-refractivity contribution is -0.155.